The molecule has 0 atom stereocenters. The largest absolute Gasteiger partial charge is 0.337 e. The average molecular weight is 464 g/mol. The lowest BCUT2D eigenvalue weighted by Crippen LogP contribution is -2.40. The lowest BCUT2D eigenvalue weighted by Gasteiger charge is -2.24. The Morgan fingerprint density at radius 1 is 1.14 bits per heavy atom. The van der Waals surface area contributed by atoms with Crippen molar-refractivity contribution in [2.75, 3.05) is 33.7 Å². The van der Waals surface area contributed by atoms with Crippen LogP contribution >= 0.6 is 34.5 Å². The topological polar surface area (TPSA) is 69.7 Å². The number of thiophene rings is 1. The first-order chi connectivity index (χ1) is 13.2. The first kappa shape index (κ1) is 23.1. The lowest BCUT2D eigenvalue weighted by molar-refractivity contribution is -0.130. The van der Waals surface area contributed by atoms with Crippen molar-refractivity contribution in [3.8, 4) is 0 Å². The molecule has 1 heterocycles. The monoisotopic (exact) mass is 463 g/mol. The molecule has 154 valence electrons. The maximum absolute atomic E-state index is 12.7. The second-order valence-corrected chi connectivity index (χ2v) is 10.2. The highest BCUT2D eigenvalue weighted by Gasteiger charge is 2.20. The highest BCUT2D eigenvalue weighted by Crippen LogP contribution is 2.23. The van der Waals surface area contributed by atoms with E-state index in [2.05, 4.69) is 4.72 Å². The summed E-state index contributed by atoms with van der Waals surface area (Å²) >= 11 is 13.1. The SMILES string of the molecule is CN(C)CCCN(Cc1ccc(Cl)c(Cl)c1)C(=O)CNS(=O)(=O)c1cccs1. The van der Waals surface area contributed by atoms with E-state index in [1.54, 1.807) is 34.5 Å². The van der Waals surface area contributed by atoms with Gasteiger partial charge in [-0.25, -0.2) is 13.1 Å². The Morgan fingerprint density at radius 2 is 1.89 bits per heavy atom. The molecule has 0 fully saturated rings. The smallest absolute Gasteiger partial charge is 0.250 e. The molecule has 0 aliphatic carbocycles. The molecule has 2 aromatic rings. The van der Waals surface area contributed by atoms with Crippen LogP contribution in [0.15, 0.2) is 39.9 Å². The predicted molar refractivity (Wildman–Crippen MR) is 115 cm³/mol. The van der Waals surface area contributed by atoms with E-state index in [1.165, 1.54) is 6.07 Å². The van der Waals surface area contributed by atoms with Crippen LogP contribution < -0.4 is 4.72 Å². The maximum Gasteiger partial charge on any atom is 0.250 e. The summed E-state index contributed by atoms with van der Waals surface area (Å²) < 4.78 is 27.1. The quantitative estimate of drug-likeness (QED) is 0.586. The lowest BCUT2D eigenvalue weighted by atomic mass is 10.2. The fraction of sp³-hybridized carbons (Fsp3) is 0.389. The van der Waals surface area contributed by atoms with E-state index in [1.807, 2.05) is 19.0 Å². The van der Waals surface area contributed by atoms with Gasteiger partial charge in [-0.1, -0.05) is 35.3 Å². The molecule has 10 heteroatoms. The van der Waals surface area contributed by atoms with Crippen molar-refractivity contribution in [3.63, 3.8) is 0 Å². The Hall–Kier alpha value is -1.16. The number of carbonyl (C=O) groups is 1. The minimum atomic E-state index is -3.69. The number of hydrogen-bond donors (Lipinski definition) is 1. The number of hydrogen-bond acceptors (Lipinski definition) is 5. The summed E-state index contributed by atoms with van der Waals surface area (Å²) in [5.74, 6) is -0.301. The molecule has 0 saturated carbocycles. The van der Waals surface area contributed by atoms with Crippen molar-refractivity contribution >= 4 is 50.5 Å². The highest BCUT2D eigenvalue weighted by molar-refractivity contribution is 7.91. The molecule has 1 N–H and O–H groups in total. The molecule has 28 heavy (non-hydrogen) atoms. The standard InChI is InChI=1S/C18H23Cl2N3O3S2/c1-22(2)8-4-9-23(13-14-6-7-15(19)16(20)11-14)17(24)12-21-28(25,26)18-5-3-10-27-18/h3,5-7,10-11,21H,4,8-9,12-13H2,1-2H3. The van der Waals surface area contributed by atoms with Gasteiger partial charge < -0.3 is 9.80 Å². The van der Waals surface area contributed by atoms with Gasteiger partial charge in [-0.3, -0.25) is 4.79 Å². The molecule has 0 bridgehead atoms. The number of sulfonamides is 1. The van der Waals surface area contributed by atoms with Crippen molar-refractivity contribution in [1.82, 2.24) is 14.5 Å². The molecular weight excluding hydrogens is 441 g/mol. The van der Waals surface area contributed by atoms with Crippen LogP contribution in [-0.4, -0.2) is 57.9 Å². The maximum atomic E-state index is 12.7. The third kappa shape index (κ3) is 7.02. The van der Waals surface area contributed by atoms with Gasteiger partial charge in [-0.15, -0.1) is 11.3 Å². The molecule has 1 amide bonds. The third-order valence-corrected chi connectivity index (χ3v) is 7.45. The van der Waals surface area contributed by atoms with Gasteiger partial charge in [-0.05, 0) is 56.2 Å². The van der Waals surface area contributed by atoms with Gasteiger partial charge in [0.1, 0.15) is 4.21 Å². The van der Waals surface area contributed by atoms with Gasteiger partial charge in [0.25, 0.3) is 10.0 Å². The van der Waals surface area contributed by atoms with E-state index < -0.39 is 10.0 Å². The Morgan fingerprint density at radius 3 is 2.50 bits per heavy atom. The van der Waals surface area contributed by atoms with Crippen molar-refractivity contribution in [1.29, 1.82) is 0 Å². The van der Waals surface area contributed by atoms with Gasteiger partial charge in [0.2, 0.25) is 5.91 Å². The van der Waals surface area contributed by atoms with Crippen molar-refractivity contribution in [2.24, 2.45) is 0 Å². The second kappa shape index (κ2) is 10.6. The molecule has 0 unspecified atom stereocenters. The second-order valence-electron chi connectivity index (χ2n) is 6.48. The molecule has 0 radical (unpaired) electrons. The molecule has 1 aromatic heterocycles. The minimum Gasteiger partial charge on any atom is -0.337 e. The fourth-order valence-corrected chi connectivity index (χ4v) is 4.82. The van der Waals surface area contributed by atoms with Gasteiger partial charge in [0.15, 0.2) is 0 Å². The molecule has 0 spiro atoms. The Balaban J connectivity index is 2.06. The molecule has 0 saturated heterocycles. The van der Waals surface area contributed by atoms with Gasteiger partial charge in [-0.2, -0.15) is 0 Å². The summed E-state index contributed by atoms with van der Waals surface area (Å²) in [6.45, 7) is 1.33. The van der Waals surface area contributed by atoms with Crippen molar-refractivity contribution in [2.45, 2.75) is 17.2 Å². The van der Waals surface area contributed by atoms with E-state index in [4.69, 9.17) is 23.2 Å². The van der Waals surface area contributed by atoms with Gasteiger partial charge in [0, 0.05) is 13.1 Å². The van der Waals surface area contributed by atoms with E-state index in [0.29, 0.717) is 23.1 Å². The number of nitrogens with zero attached hydrogens (tertiary/aromatic N) is 2. The van der Waals surface area contributed by atoms with Crippen LogP contribution in [0, 0.1) is 0 Å². The summed E-state index contributed by atoms with van der Waals surface area (Å²) in [5.41, 5.74) is 0.828. The van der Waals surface area contributed by atoms with E-state index >= 15 is 0 Å². The zero-order chi connectivity index (χ0) is 20.7. The van der Waals surface area contributed by atoms with E-state index in [-0.39, 0.29) is 16.7 Å². The number of benzene rings is 1. The van der Waals surface area contributed by atoms with Gasteiger partial charge in [0.05, 0.1) is 16.6 Å². The minimum absolute atomic E-state index is 0.184. The Labute approximate surface area is 180 Å². The predicted octanol–water partition coefficient (Wildman–Crippen LogP) is 3.31. The Kier molecular flexibility index (Phi) is 8.73. The van der Waals surface area contributed by atoms with Crippen molar-refractivity contribution < 1.29 is 13.2 Å². The number of amides is 1. The number of nitrogens with one attached hydrogen (secondary N) is 1. The fourth-order valence-electron chi connectivity index (χ4n) is 2.48. The molecular formula is C18H23Cl2N3O3S2. The van der Waals surface area contributed by atoms with Crippen LogP contribution in [-0.2, 0) is 21.4 Å². The summed E-state index contributed by atoms with van der Waals surface area (Å²) in [6, 6.07) is 8.35. The summed E-state index contributed by atoms with van der Waals surface area (Å²) in [4.78, 5) is 16.4. The van der Waals surface area contributed by atoms with Crippen LogP contribution in [0.25, 0.3) is 0 Å². The molecule has 6 nitrogen and oxygen atoms in total. The molecule has 1 aromatic carbocycles. The zero-order valence-electron chi connectivity index (χ0n) is 15.7. The van der Waals surface area contributed by atoms with Crippen LogP contribution in [0.3, 0.4) is 0 Å². The van der Waals surface area contributed by atoms with E-state index in [9.17, 15) is 13.2 Å². The number of halogens is 2. The van der Waals surface area contributed by atoms with E-state index in [0.717, 1.165) is 29.9 Å². The number of rotatable bonds is 10. The summed E-state index contributed by atoms with van der Waals surface area (Å²) in [7, 11) is 0.227. The first-order valence-corrected chi connectivity index (χ1v) is 11.7. The van der Waals surface area contributed by atoms with Crippen molar-refractivity contribution in [3.05, 3.63) is 51.3 Å². The molecule has 0 aliphatic rings. The highest BCUT2D eigenvalue weighted by atomic mass is 35.5. The Bertz CT molecular complexity index is 887. The summed E-state index contributed by atoms with van der Waals surface area (Å²) in [5, 5.41) is 2.53. The first-order valence-electron chi connectivity index (χ1n) is 8.58. The molecule has 0 aliphatic heterocycles. The van der Waals surface area contributed by atoms with Gasteiger partial charge >= 0.3 is 0 Å². The van der Waals surface area contributed by atoms with Crippen LogP contribution in [0.2, 0.25) is 10.0 Å². The molecule has 2 rings (SSSR count). The van der Waals surface area contributed by atoms with Crippen LogP contribution in [0.5, 0.6) is 0 Å². The average Bonchev–Trinajstić information content (AvgIpc) is 3.17. The summed E-state index contributed by atoms with van der Waals surface area (Å²) in [6.07, 6.45) is 0.762. The van der Waals surface area contributed by atoms with Crippen LogP contribution in [0.4, 0.5) is 0 Å². The zero-order valence-corrected chi connectivity index (χ0v) is 18.8. The van der Waals surface area contributed by atoms with Crippen LogP contribution in [0.1, 0.15) is 12.0 Å². The third-order valence-electron chi connectivity index (χ3n) is 3.92. The number of carbonyl (C=O) groups excluding carboxylic acids is 1. The normalized spacial score (nSPS) is 11.8.